The van der Waals surface area contributed by atoms with Crippen LogP contribution in [-0.4, -0.2) is 22.8 Å². The van der Waals surface area contributed by atoms with E-state index in [0.29, 0.717) is 12.0 Å². The summed E-state index contributed by atoms with van der Waals surface area (Å²) in [6.07, 6.45) is 2.09. The van der Waals surface area contributed by atoms with E-state index in [1.54, 1.807) is 39.0 Å². The molecule has 0 aliphatic heterocycles. The van der Waals surface area contributed by atoms with Crippen LogP contribution in [0.2, 0.25) is 0 Å². The smallest absolute Gasteiger partial charge is 0.322 e. The van der Waals surface area contributed by atoms with Crippen LogP contribution in [0.5, 0.6) is 0 Å². The second kappa shape index (κ2) is 4.88. The predicted octanol–water partition coefficient (Wildman–Crippen LogP) is 1.71. The maximum Gasteiger partial charge on any atom is 0.322 e. The Balaban J connectivity index is 2.84. The molecule has 0 aromatic carbocycles. The highest BCUT2D eigenvalue weighted by atomic mass is 16.6. The molecule has 0 amide bonds. The van der Waals surface area contributed by atoms with Crippen LogP contribution in [0.15, 0.2) is 24.4 Å². The summed E-state index contributed by atoms with van der Waals surface area (Å²) >= 11 is 0. The van der Waals surface area contributed by atoms with Crippen molar-refractivity contribution in [3.8, 4) is 0 Å². The van der Waals surface area contributed by atoms with Crippen molar-refractivity contribution in [2.45, 2.75) is 32.3 Å². The highest BCUT2D eigenvalue weighted by Crippen LogP contribution is 2.16. The summed E-state index contributed by atoms with van der Waals surface area (Å²) in [4.78, 5) is 26.6. The molecule has 0 bridgehead atoms. The number of hydrogen-bond donors (Lipinski definition) is 0. The molecule has 0 radical (unpaired) electrons. The molecule has 1 atom stereocenters. The number of carbonyl (C=O) groups excluding carboxylic acids is 2. The van der Waals surface area contributed by atoms with Gasteiger partial charge in [-0.2, -0.15) is 0 Å². The van der Waals surface area contributed by atoms with Crippen LogP contribution < -0.4 is 0 Å². The molecular formula is C12H15NO3. The van der Waals surface area contributed by atoms with E-state index in [1.807, 2.05) is 0 Å². The maximum absolute atomic E-state index is 11.7. The van der Waals surface area contributed by atoms with Gasteiger partial charge < -0.3 is 9.53 Å². The first-order valence-electron chi connectivity index (χ1n) is 5.03. The van der Waals surface area contributed by atoms with E-state index in [4.69, 9.17) is 4.74 Å². The van der Waals surface area contributed by atoms with Gasteiger partial charge in [0.15, 0.2) is 5.92 Å². The highest BCUT2D eigenvalue weighted by Gasteiger charge is 2.26. The molecule has 0 aliphatic rings. The zero-order valence-corrected chi connectivity index (χ0v) is 9.64. The second-order valence-corrected chi connectivity index (χ2v) is 4.40. The minimum Gasteiger partial charge on any atom is -0.459 e. The lowest BCUT2D eigenvalue weighted by molar-refractivity contribution is -0.157. The minimum atomic E-state index is -0.944. The number of carbonyl (C=O) groups is 2. The third kappa shape index (κ3) is 3.46. The lowest BCUT2D eigenvalue weighted by Gasteiger charge is -2.21. The number of ether oxygens (including phenoxy) is 1. The first-order valence-corrected chi connectivity index (χ1v) is 5.03. The molecule has 0 saturated carbocycles. The average molecular weight is 221 g/mol. The number of aromatic nitrogens is 1. The first-order chi connectivity index (χ1) is 7.44. The zero-order chi connectivity index (χ0) is 12.2. The third-order valence-electron chi connectivity index (χ3n) is 1.80. The van der Waals surface area contributed by atoms with Crippen molar-refractivity contribution < 1.29 is 14.3 Å². The summed E-state index contributed by atoms with van der Waals surface area (Å²) in [5.41, 5.74) is -0.195. The van der Waals surface area contributed by atoms with Crippen LogP contribution in [0.25, 0.3) is 0 Å². The third-order valence-corrected chi connectivity index (χ3v) is 1.80. The Kier molecular flexibility index (Phi) is 3.77. The molecule has 0 spiro atoms. The first kappa shape index (κ1) is 12.4. The molecular weight excluding hydrogens is 206 g/mol. The molecule has 1 heterocycles. The number of nitrogens with zero attached hydrogens (tertiary/aromatic N) is 1. The molecule has 1 rings (SSSR count). The summed E-state index contributed by atoms with van der Waals surface area (Å²) in [7, 11) is 0. The average Bonchev–Trinajstić information content (AvgIpc) is 2.17. The Morgan fingerprint density at radius 3 is 2.56 bits per heavy atom. The number of aldehydes is 1. The van der Waals surface area contributed by atoms with Crippen molar-refractivity contribution in [2.75, 3.05) is 0 Å². The van der Waals surface area contributed by atoms with Gasteiger partial charge in [-0.1, -0.05) is 6.07 Å². The van der Waals surface area contributed by atoms with Gasteiger partial charge in [0.1, 0.15) is 11.9 Å². The van der Waals surface area contributed by atoms with E-state index in [1.165, 1.54) is 6.20 Å². The molecule has 0 aliphatic carbocycles. The SMILES string of the molecule is CC(C)(C)OC(=O)C(C=O)c1ccccn1. The van der Waals surface area contributed by atoms with Gasteiger partial charge >= 0.3 is 5.97 Å². The standard InChI is InChI=1S/C12H15NO3/c1-12(2,3)16-11(15)9(8-14)10-6-4-5-7-13-10/h4-9H,1-3H3. The van der Waals surface area contributed by atoms with Crippen molar-refractivity contribution >= 4 is 12.3 Å². The molecule has 0 saturated heterocycles. The topological polar surface area (TPSA) is 56.3 Å². The Morgan fingerprint density at radius 1 is 1.44 bits per heavy atom. The van der Waals surface area contributed by atoms with E-state index in [-0.39, 0.29) is 0 Å². The number of rotatable bonds is 3. The van der Waals surface area contributed by atoms with Crippen LogP contribution in [0.3, 0.4) is 0 Å². The minimum absolute atomic E-state index is 0.409. The number of hydrogen-bond acceptors (Lipinski definition) is 4. The van der Waals surface area contributed by atoms with Gasteiger partial charge in [-0.15, -0.1) is 0 Å². The van der Waals surface area contributed by atoms with Crippen LogP contribution in [0, 0.1) is 0 Å². The van der Waals surface area contributed by atoms with Crippen molar-refractivity contribution in [2.24, 2.45) is 0 Å². The molecule has 0 fully saturated rings. The summed E-state index contributed by atoms with van der Waals surface area (Å²) in [6, 6.07) is 5.08. The van der Waals surface area contributed by atoms with Gasteiger partial charge in [-0.3, -0.25) is 9.78 Å². The number of esters is 1. The zero-order valence-electron chi connectivity index (χ0n) is 9.64. The second-order valence-electron chi connectivity index (χ2n) is 4.40. The van der Waals surface area contributed by atoms with E-state index in [2.05, 4.69) is 4.98 Å². The monoisotopic (exact) mass is 221 g/mol. The van der Waals surface area contributed by atoms with Crippen molar-refractivity contribution in [3.05, 3.63) is 30.1 Å². The normalized spacial score (nSPS) is 12.9. The maximum atomic E-state index is 11.7. The molecule has 0 N–H and O–H groups in total. The molecule has 4 heteroatoms. The predicted molar refractivity (Wildman–Crippen MR) is 58.9 cm³/mol. The lowest BCUT2D eigenvalue weighted by atomic mass is 10.1. The van der Waals surface area contributed by atoms with E-state index < -0.39 is 17.5 Å². The van der Waals surface area contributed by atoms with Gasteiger partial charge in [-0.25, -0.2) is 0 Å². The fourth-order valence-electron chi connectivity index (χ4n) is 1.17. The molecule has 16 heavy (non-hydrogen) atoms. The van der Waals surface area contributed by atoms with Crippen LogP contribution in [-0.2, 0) is 14.3 Å². The van der Waals surface area contributed by atoms with E-state index in [9.17, 15) is 9.59 Å². The molecule has 1 aromatic rings. The van der Waals surface area contributed by atoms with Crippen LogP contribution >= 0.6 is 0 Å². The fraction of sp³-hybridized carbons (Fsp3) is 0.417. The molecule has 86 valence electrons. The van der Waals surface area contributed by atoms with Crippen molar-refractivity contribution in [1.29, 1.82) is 0 Å². The fourth-order valence-corrected chi connectivity index (χ4v) is 1.17. The van der Waals surface area contributed by atoms with E-state index >= 15 is 0 Å². The molecule has 1 aromatic heterocycles. The van der Waals surface area contributed by atoms with Gasteiger partial charge in [0.2, 0.25) is 0 Å². The molecule has 1 unspecified atom stereocenters. The van der Waals surface area contributed by atoms with Crippen LogP contribution in [0.1, 0.15) is 32.4 Å². The number of pyridine rings is 1. The van der Waals surface area contributed by atoms with E-state index in [0.717, 1.165) is 0 Å². The summed E-state index contributed by atoms with van der Waals surface area (Å²) in [5, 5.41) is 0. The Labute approximate surface area is 94.6 Å². The lowest BCUT2D eigenvalue weighted by Crippen LogP contribution is -2.28. The quantitative estimate of drug-likeness (QED) is 0.443. The van der Waals surface area contributed by atoms with Crippen LogP contribution in [0.4, 0.5) is 0 Å². The van der Waals surface area contributed by atoms with Gasteiger partial charge in [0, 0.05) is 6.20 Å². The van der Waals surface area contributed by atoms with Crippen molar-refractivity contribution in [1.82, 2.24) is 4.98 Å². The largest absolute Gasteiger partial charge is 0.459 e. The van der Waals surface area contributed by atoms with Gasteiger partial charge in [0.05, 0.1) is 5.69 Å². The highest BCUT2D eigenvalue weighted by molar-refractivity contribution is 5.93. The van der Waals surface area contributed by atoms with Gasteiger partial charge in [-0.05, 0) is 32.9 Å². The molecule has 4 nitrogen and oxygen atoms in total. The Hall–Kier alpha value is -1.71. The Bertz CT molecular complexity index is 368. The van der Waals surface area contributed by atoms with Gasteiger partial charge in [0.25, 0.3) is 0 Å². The summed E-state index contributed by atoms with van der Waals surface area (Å²) < 4.78 is 5.13. The Morgan fingerprint density at radius 2 is 2.12 bits per heavy atom. The summed E-state index contributed by atoms with van der Waals surface area (Å²) in [5.74, 6) is -1.51. The van der Waals surface area contributed by atoms with Crippen molar-refractivity contribution in [3.63, 3.8) is 0 Å². The summed E-state index contributed by atoms with van der Waals surface area (Å²) in [6.45, 7) is 5.27.